The molecule has 0 spiro atoms. The lowest BCUT2D eigenvalue weighted by atomic mass is 10.1. The van der Waals surface area contributed by atoms with Crippen molar-refractivity contribution >= 4 is 21.4 Å². The molecule has 0 radical (unpaired) electrons. The zero-order chi connectivity index (χ0) is 11.7. The molecule has 1 heteroatoms. The molecular formula is C16H14S. The smallest absolute Gasteiger partial charge is 0.0355 e. The highest BCUT2D eigenvalue weighted by atomic mass is 32.1. The van der Waals surface area contributed by atoms with Gasteiger partial charge in [-0.05, 0) is 35.1 Å². The van der Waals surface area contributed by atoms with E-state index in [0.29, 0.717) is 0 Å². The molecule has 3 rings (SSSR count). The standard InChI is InChI=1S/C16H14S/c1-2-12-6-5-8-13(10-12)16-11-14-7-3-4-9-15(14)17-16/h3-11H,2H2,1H3. The van der Waals surface area contributed by atoms with Crippen LogP contribution in [-0.2, 0) is 6.42 Å². The predicted molar refractivity (Wildman–Crippen MR) is 76.6 cm³/mol. The first kappa shape index (κ1) is 10.5. The van der Waals surface area contributed by atoms with Gasteiger partial charge in [0.15, 0.2) is 0 Å². The second-order valence-electron chi connectivity index (χ2n) is 4.20. The highest BCUT2D eigenvalue weighted by Gasteiger charge is 2.03. The van der Waals surface area contributed by atoms with Crippen LogP contribution in [0.3, 0.4) is 0 Å². The molecule has 1 aromatic heterocycles. The van der Waals surface area contributed by atoms with Gasteiger partial charge in [0.1, 0.15) is 0 Å². The molecule has 2 aromatic carbocycles. The number of thiophene rings is 1. The quantitative estimate of drug-likeness (QED) is 0.580. The second-order valence-corrected chi connectivity index (χ2v) is 5.29. The first-order valence-corrected chi connectivity index (χ1v) is 6.76. The van der Waals surface area contributed by atoms with E-state index in [4.69, 9.17) is 0 Å². The Balaban J connectivity index is 2.13. The van der Waals surface area contributed by atoms with Crippen LogP contribution in [0.2, 0.25) is 0 Å². The zero-order valence-electron chi connectivity index (χ0n) is 9.81. The molecule has 0 atom stereocenters. The summed E-state index contributed by atoms with van der Waals surface area (Å²) in [6, 6.07) is 19.7. The monoisotopic (exact) mass is 238 g/mol. The Morgan fingerprint density at radius 1 is 0.941 bits per heavy atom. The maximum atomic E-state index is 2.30. The fourth-order valence-electron chi connectivity index (χ4n) is 2.07. The molecule has 0 N–H and O–H groups in total. The van der Waals surface area contributed by atoms with Gasteiger partial charge in [0.2, 0.25) is 0 Å². The van der Waals surface area contributed by atoms with E-state index in [1.165, 1.54) is 26.1 Å². The van der Waals surface area contributed by atoms with Gasteiger partial charge >= 0.3 is 0 Å². The van der Waals surface area contributed by atoms with Crippen molar-refractivity contribution < 1.29 is 0 Å². The van der Waals surface area contributed by atoms with Crippen molar-refractivity contribution in [3.05, 3.63) is 60.2 Å². The van der Waals surface area contributed by atoms with Crippen LogP contribution in [0.15, 0.2) is 54.6 Å². The van der Waals surface area contributed by atoms with Gasteiger partial charge in [0.25, 0.3) is 0 Å². The molecule has 0 saturated carbocycles. The van der Waals surface area contributed by atoms with Gasteiger partial charge in [0, 0.05) is 9.58 Å². The summed E-state index contributed by atoms with van der Waals surface area (Å²) in [4.78, 5) is 1.36. The van der Waals surface area contributed by atoms with Crippen molar-refractivity contribution in [2.24, 2.45) is 0 Å². The molecule has 0 aliphatic rings. The van der Waals surface area contributed by atoms with Gasteiger partial charge in [-0.25, -0.2) is 0 Å². The number of rotatable bonds is 2. The number of hydrogen-bond donors (Lipinski definition) is 0. The van der Waals surface area contributed by atoms with Gasteiger partial charge in [-0.15, -0.1) is 11.3 Å². The second kappa shape index (κ2) is 4.34. The highest BCUT2D eigenvalue weighted by molar-refractivity contribution is 7.22. The van der Waals surface area contributed by atoms with E-state index >= 15 is 0 Å². The van der Waals surface area contributed by atoms with E-state index in [9.17, 15) is 0 Å². The van der Waals surface area contributed by atoms with Crippen LogP contribution in [0.4, 0.5) is 0 Å². The topological polar surface area (TPSA) is 0 Å². The van der Waals surface area contributed by atoms with Crippen LogP contribution >= 0.6 is 11.3 Å². The molecule has 0 nitrogen and oxygen atoms in total. The molecule has 0 aliphatic carbocycles. The number of benzene rings is 2. The minimum atomic E-state index is 1.10. The SMILES string of the molecule is CCc1cccc(-c2cc3ccccc3s2)c1. The molecule has 0 unspecified atom stereocenters. The van der Waals surface area contributed by atoms with Gasteiger partial charge in [-0.1, -0.05) is 49.4 Å². The van der Waals surface area contributed by atoms with Gasteiger partial charge in [-0.2, -0.15) is 0 Å². The Morgan fingerprint density at radius 2 is 1.82 bits per heavy atom. The number of aryl methyl sites for hydroxylation is 1. The lowest BCUT2D eigenvalue weighted by molar-refractivity contribution is 1.14. The lowest BCUT2D eigenvalue weighted by Gasteiger charge is -2.00. The van der Waals surface area contributed by atoms with Crippen LogP contribution < -0.4 is 0 Å². The van der Waals surface area contributed by atoms with Crippen LogP contribution in [0.1, 0.15) is 12.5 Å². The molecule has 3 aromatic rings. The van der Waals surface area contributed by atoms with E-state index in [2.05, 4.69) is 61.5 Å². The van der Waals surface area contributed by atoms with Crippen molar-refractivity contribution in [2.75, 3.05) is 0 Å². The fraction of sp³-hybridized carbons (Fsp3) is 0.125. The zero-order valence-corrected chi connectivity index (χ0v) is 10.6. The minimum absolute atomic E-state index is 1.10. The van der Waals surface area contributed by atoms with E-state index in [1.807, 2.05) is 11.3 Å². The van der Waals surface area contributed by atoms with E-state index in [-0.39, 0.29) is 0 Å². The predicted octanol–water partition coefficient (Wildman–Crippen LogP) is 5.13. The highest BCUT2D eigenvalue weighted by Crippen LogP contribution is 2.33. The summed E-state index contributed by atoms with van der Waals surface area (Å²) in [5, 5.41) is 1.34. The third-order valence-electron chi connectivity index (χ3n) is 3.05. The summed E-state index contributed by atoms with van der Waals surface area (Å²) in [6.45, 7) is 2.20. The third kappa shape index (κ3) is 1.98. The third-order valence-corrected chi connectivity index (χ3v) is 4.21. The summed E-state index contributed by atoms with van der Waals surface area (Å²) in [5.41, 5.74) is 2.74. The lowest BCUT2D eigenvalue weighted by Crippen LogP contribution is -1.79. The normalized spacial score (nSPS) is 10.9. The molecule has 0 aliphatic heterocycles. The van der Waals surface area contributed by atoms with Crippen LogP contribution in [0, 0.1) is 0 Å². The Labute approximate surface area is 106 Å². The molecule has 1 heterocycles. The van der Waals surface area contributed by atoms with E-state index in [0.717, 1.165) is 6.42 Å². The van der Waals surface area contributed by atoms with Gasteiger partial charge < -0.3 is 0 Å². The maximum Gasteiger partial charge on any atom is 0.0355 e. The largest absolute Gasteiger partial charge is 0.135 e. The first-order valence-electron chi connectivity index (χ1n) is 5.94. The van der Waals surface area contributed by atoms with Crippen LogP contribution in [0.5, 0.6) is 0 Å². The molecule has 0 fully saturated rings. The Morgan fingerprint density at radius 3 is 2.65 bits per heavy atom. The van der Waals surface area contributed by atoms with Gasteiger partial charge in [-0.3, -0.25) is 0 Å². The van der Waals surface area contributed by atoms with E-state index in [1.54, 1.807) is 0 Å². The van der Waals surface area contributed by atoms with Crippen molar-refractivity contribution in [2.45, 2.75) is 13.3 Å². The van der Waals surface area contributed by atoms with Gasteiger partial charge in [0.05, 0.1) is 0 Å². The molecule has 17 heavy (non-hydrogen) atoms. The Hall–Kier alpha value is -1.60. The average Bonchev–Trinajstić information content (AvgIpc) is 2.82. The minimum Gasteiger partial charge on any atom is -0.135 e. The molecule has 0 amide bonds. The van der Waals surface area contributed by atoms with Crippen molar-refractivity contribution in [1.29, 1.82) is 0 Å². The van der Waals surface area contributed by atoms with Crippen molar-refractivity contribution in [3.63, 3.8) is 0 Å². The van der Waals surface area contributed by atoms with Crippen LogP contribution in [-0.4, -0.2) is 0 Å². The van der Waals surface area contributed by atoms with Crippen molar-refractivity contribution in [1.82, 2.24) is 0 Å². The summed E-state index contributed by atoms with van der Waals surface area (Å²) in [7, 11) is 0. The summed E-state index contributed by atoms with van der Waals surface area (Å²) < 4.78 is 1.37. The summed E-state index contributed by atoms with van der Waals surface area (Å²) >= 11 is 1.87. The Bertz CT molecular complexity index is 616. The summed E-state index contributed by atoms with van der Waals surface area (Å²) in [6.07, 6.45) is 1.10. The number of hydrogen-bond acceptors (Lipinski definition) is 1. The first-order chi connectivity index (χ1) is 8.36. The number of fused-ring (bicyclic) bond motifs is 1. The Kier molecular flexibility index (Phi) is 2.69. The molecule has 0 bridgehead atoms. The fourth-order valence-corrected chi connectivity index (χ4v) is 3.13. The molecule has 0 saturated heterocycles. The summed E-state index contributed by atoms with van der Waals surface area (Å²) in [5.74, 6) is 0. The van der Waals surface area contributed by atoms with Crippen molar-refractivity contribution in [3.8, 4) is 10.4 Å². The van der Waals surface area contributed by atoms with E-state index < -0.39 is 0 Å². The molecule has 84 valence electrons. The average molecular weight is 238 g/mol. The molecular weight excluding hydrogens is 224 g/mol. The maximum absolute atomic E-state index is 2.30. The van der Waals surface area contributed by atoms with Crippen LogP contribution in [0.25, 0.3) is 20.5 Å².